The number of aromatic nitrogens is 1. The molecule has 1 N–H and O–H groups in total. The number of pyridine rings is 1. The van der Waals surface area contributed by atoms with Crippen molar-refractivity contribution < 1.29 is 19.1 Å². The number of benzene rings is 1. The molecule has 1 amide bonds. The first-order chi connectivity index (χ1) is 10.6. The van der Waals surface area contributed by atoms with E-state index in [1.165, 1.54) is 7.11 Å². The van der Waals surface area contributed by atoms with Gasteiger partial charge < -0.3 is 14.8 Å². The van der Waals surface area contributed by atoms with Crippen LogP contribution in [0, 0.1) is 0 Å². The number of nitrogens with zero attached hydrogens (tertiary/aromatic N) is 1. The largest absolute Gasteiger partial charge is 0.481 e. The maximum atomic E-state index is 11.7. The minimum atomic E-state index is -0.380. The third-order valence-corrected chi connectivity index (χ3v) is 3.25. The summed E-state index contributed by atoms with van der Waals surface area (Å²) in [5.74, 6) is -0.236. The molecule has 0 saturated heterocycles. The van der Waals surface area contributed by atoms with Crippen LogP contribution >= 0.6 is 11.6 Å². The van der Waals surface area contributed by atoms with Crippen LogP contribution in [0.1, 0.15) is 6.42 Å². The van der Waals surface area contributed by atoms with Crippen LogP contribution in [-0.4, -0.2) is 37.1 Å². The van der Waals surface area contributed by atoms with Crippen molar-refractivity contribution in [1.29, 1.82) is 0 Å². The molecule has 7 heteroatoms. The van der Waals surface area contributed by atoms with Gasteiger partial charge in [-0.3, -0.25) is 14.6 Å². The van der Waals surface area contributed by atoms with E-state index >= 15 is 0 Å². The molecule has 1 heterocycles. The first-order valence-corrected chi connectivity index (χ1v) is 6.99. The number of methoxy groups -OCH3 is 1. The third kappa shape index (κ3) is 4.08. The lowest BCUT2D eigenvalue weighted by Gasteiger charge is -2.09. The second-order valence-corrected chi connectivity index (χ2v) is 4.82. The van der Waals surface area contributed by atoms with E-state index in [9.17, 15) is 9.59 Å². The van der Waals surface area contributed by atoms with Gasteiger partial charge in [-0.05, 0) is 24.3 Å². The number of carbonyl (C=O) groups excluding carboxylic acids is 2. The Bertz CT molecular complexity index is 690. The summed E-state index contributed by atoms with van der Waals surface area (Å²) in [7, 11) is 1.30. The molecule has 2 rings (SSSR count). The average molecular weight is 323 g/mol. The van der Waals surface area contributed by atoms with Crippen molar-refractivity contribution in [3.05, 3.63) is 35.5 Å². The van der Waals surface area contributed by atoms with Gasteiger partial charge in [0.15, 0.2) is 6.61 Å². The number of fused-ring (bicyclic) bond motifs is 1. The number of carbonyl (C=O) groups is 2. The van der Waals surface area contributed by atoms with Crippen molar-refractivity contribution in [2.45, 2.75) is 6.42 Å². The van der Waals surface area contributed by atoms with Gasteiger partial charge in [0.25, 0.3) is 5.91 Å². The molecule has 0 aliphatic rings. The van der Waals surface area contributed by atoms with E-state index in [1.54, 1.807) is 24.4 Å². The molecule has 0 bridgehead atoms. The molecular weight excluding hydrogens is 308 g/mol. The molecule has 0 fully saturated rings. The zero-order valence-corrected chi connectivity index (χ0v) is 12.7. The Morgan fingerprint density at radius 3 is 2.91 bits per heavy atom. The van der Waals surface area contributed by atoms with Gasteiger partial charge in [-0.25, -0.2) is 0 Å². The molecule has 0 radical (unpaired) electrons. The number of hydrogen-bond donors (Lipinski definition) is 1. The monoisotopic (exact) mass is 322 g/mol. The molecule has 0 saturated carbocycles. The zero-order valence-electron chi connectivity index (χ0n) is 12.0. The van der Waals surface area contributed by atoms with Crippen LogP contribution in [0.2, 0.25) is 5.02 Å². The molecule has 0 atom stereocenters. The Morgan fingerprint density at radius 1 is 1.32 bits per heavy atom. The van der Waals surface area contributed by atoms with Crippen LogP contribution in [0.25, 0.3) is 10.9 Å². The summed E-state index contributed by atoms with van der Waals surface area (Å²) in [4.78, 5) is 26.8. The number of hydrogen-bond acceptors (Lipinski definition) is 5. The minimum absolute atomic E-state index is 0.119. The molecule has 116 valence electrons. The lowest BCUT2D eigenvalue weighted by Crippen LogP contribution is -2.30. The first-order valence-electron chi connectivity index (χ1n) is 6.61. The Hall–Kier alpha value is -2.34. The minimum Gasteiger partial charge on any atom is -0.481 e. The number of rotatable bonds is 6. The van der Waals surface area contributed by atoms with Gasteiger partial charge in [0.1, 0.15) is 11.3 Å². The van der Waals surface area contributed by atoms with E-state index in [4.69, 9.17) is 16.3 Å². The summed E-state index contributed by atoms with van der Waals surface area (Å²) in [6.07, 6.45) is 1.75. The van der Waals surface area contributed by atoms with Crippen LogP contribution in [0.5, 0.6) is 5.75 Å². The maximum Gasteiger partial charge on any atom is 0.307 e. The van der Waals surface area contributed by atoms with E-state index in [1.807, 2.05) is 6.07 Å². The molecule has 22 heavy (non-hydrogen) atoms. The topological polar surface area (TPSA) is 77.5 Å². The molecule has 1 aromatic heterocycles. The molecule has 6 nitrogen and oxygen atoms in total. The highest BCUT2D eigenvalue weighted by molar-refractivity contribution is 6.35. The van der Waals surface area contributed by atoms with Crippen molar-refractivity contribution in [2.75, 3.05) is 20.3 Å². The number of esters is 1. The Balaban J connectivity index is 1.93. The number of ether oxygens (including phenoxy) is 2. The maximum absolute atomic E-state index is 11.7. The van der Waals surface area contributed by atoms with Gasteiger partial charge in [-0.2, -0.15) is 0 Å². The third-order valence-electron chi connectivity index (χ3n) is 2.92. The molecule has 0 unspecified atom stereocenters. The Morgan fingerprint density at radius 2 is 2.14 bits per heavy atom. The summed E-state index contributed by atoms with van der Waals surface area (Å²) in [5, 5.41) is 3.89. The van der Waals surface area contributed by atoms with Crippen LogP contribution in [-0.2, 0) is 14.3 Å². The van der Waals surface area contributed by atoms with Gasteiger partial charge in [0.05, 0.1) is 18.6 Å². The fourth-order valence-corrected chi connectivity index (χ4v) is 2.04. The van der Waals surface area contributed by atoms with Gasteiger partial charge in [0.2, 0.25) is 0 Å². The molecule has 2 aromatic rings. The van der Waals surface area contributed by atoms with E-state index in [0.29, 0.717) is 16.3 Å². The van der Waals surface area contributed by atoms with Gasteiger partial charge in [-0.15, -0.1) is 0 Å². The smallest absolute Gasteiger partial charge is 0.307 e. The normalized spacial score (nSPS) is 10.3. The lowest BCUT2D eigenvalue weighted by molar-refractivity contribution is -0.140. The van der Waals surface area contributed by atoms with Crippen molar-refractivity contribution in [3.8, 4) is 5.75 Å². The standard InChI is InChI=1S/C15H15ClN2O4/c1-21-14(20)6-8-17-13(19)9-22-12-5-4-11(16)10-3-2-7-18-15(10)12/h2-5,7H,6,8-9H2,1H3,(H,17,19). The van der Waals surface area contributed by atoms with E-state index in [-0.39, 0.29) is 31.4 Å². The second kappa shape index (κ2) is 7.61. The molecule has 1 aromatic carbocycles. The van der Waals surface area contributed by atoms with Crippen LogP contribution in [0.15, 0.2) is 30.5 Å². The second-order valence-electron chi connectivity index (χ2n) is 4.41. The van der Waals surface area contributed by atoms with Crippen molar-refractivity contribution in [1.82, 2.24) is 10.3 Å². The van der Waals surface area contributed by atoms with Gasteiger partial charge in [-0.1, -0.05) is 11.6 Å². The lowest BCUT2D eigenvalue weighted by atomic mass is 10.2. The molecule has 0 aliphatic carbocycles. The van der Waals surface area contributed by atoms with Crippen LogP contribution in [0.3, 0.4) is 0 Å². The van der Waals surface area contributed by atoms with Crippen LogP contribution < -0.4 is 10.1 Å². The number of nitrogens with one attached hydrogen (secondary N) is 1. The molecule has 0 spiro atoms. The van der Waals surface area contributed by atoms with Crippen LogP contribution in [0.4, 0.5) is 0 Å². The van der Waals surface area contributed by atoms with Crippen molar-refractivity contribution >= 4 is 34.4 Å². The van der Waals surface area contributed by atoms with Crippen molar-refractivity contribution in [3.63, 3.8) is 0 Å². The predicted molar refractivity (Wildman–Crippen MR) is 81.9 cm³/mol. The SMILES string of the molecule is COC(=O)CCNC(=O)COc1ccc(Cl)c2cccnc12. The Labute approximate surface area is 132 Å². The average Bonchev–Trinajstić information content (AvgIpc) is 2.54. The van der Waals surface area contributed by atoms with E-state index in [2.05, 4.69) is 15.0 Å². The fraction of sp³-hybridized carbons (Fsp3) is 0.267. The summed E-state index contributed by atoms with van der Waals surface area (Å²) in [6, 6.07) is 6.96. The number of halogens is 1. The van der Waals surface area contributed by atoms with E-state index < -0.39 is 0 Å². The highest BCUT2D eigenvalue weighted by Gasteiger charge is 2.09. The first kappa shape index (κ1) is 16.0. The quantitative estimate of drug-likeness (QED) is 0.822. The number of amides is 1. The molecular formula is C15H15ClN2O4. The highest BCUT2D eigenvalue weighted by atomic mass is 35.5. The van der Waals surface area contributed by atoms with Crippen molar-refractivity contribution in [2.24, 2.45) is 0 Å². The summed E-state index contributed by atoms with van der Waals surface area (Å²) in [6.45, 7) is 0.0307. The highest BCUT2D eigenvalue weighted by Crippen LogP contribution is 2.29. The molecule has 0 aliphatic heterocycles. The van der Waals surface area contributed by atoms with Gasteiger partial charge >= 0.3 is 5.97 Å². The predicted octanol–water partition coefficient (Wildman–Crippen LogP) is 1.95. The summed E-state index contributed by atoms with van der Waals surface area (Å²) in [5.41, 5.74) is 0.595. The fourth-order valence-electron chi connectivity index (χ4n) is 1.83. The zero-order chi connectivity index (χ0) is 15.9. The summed E-state index contributed by atoms with van der Waals surface area (Å²) >= 11 is 6.09. The summed E-state index contributed by atoms with van der Waals surface area (Å²) < 4.78 is 9.95. The van der Waals surface area contributed by atoms with E-state index in [0.717, 1.165) is 5.39 Å². The Kier molecular flexibility index (Phi) is 5.55. The van der Waals surface area contributed by atoms with Gasteiger partial charge in [0, 0.05) is 18.1 Å².